The average molecular weight is 293 g/mol. The molecule has 1 saturated carbocycles. The number of nitrogens with zero attached hydrogens (tertiary/aromatic N) is 2. The predicted molar refractivity (Wildman–Crippen MR) is 84.9 cm³/mol. The molecular formula is C17H31N3O. The summed E-state index contributed by atoms with van der Waals surface area (Å²) < 4.78 is 0. The third kappa shape index (κ3) is 2.72. The molecule has 4 heteroatoms. The summed E-state index contributed by atoms with van der Waals surface area (Å²) in [5.74, 6) is 1.05. The van der Waals surface area contributed by atoms with Crippen molar-refractivity contribution < 1.29 is 4.79 Å². The Morgan fingerprint density at radius 2 is 2.05 bits per heavy atom. The van der Waals surface area contributed by atoms with Gasteiger partial charge in [-0.2, -0.15) is 0 Å². The normalized spacial score (nSPS) is 33.0. The summed E-state index contributed by atoms with van der Waals surface area (Å²) in [4.78, 5) is 17.7. The van der Waals surface area contributed by atoms with E-state index in [2.05, 4.69) is 35.9 Å². The van der Waals surface area contributed by atoms with Gasteiger partial charge in [0.1, 0.15) is 0 Å². The van der Waals surface area contributed by atoms with Gasteiger partial charge in [0, 0.05) is 19.1 Å². The lowest BCUT2D eigenvalue weighted by Crippen LogP contribution is -2.44. The van der Waals surface area contributed by atoms with Crippen LogP contribution in [0.4, 0.5) is 0 Å². The summed E-state index contributed by atoms with van der Waals surface area (Å²) in [7, 11) is 0. The van der Waals surface area contributed by atoms with Crippen molar-refractivity contribution in [1.29, 1.82) is 0 Å². The van der Waals surface area contributed by atoms with Gasteiger partial charge in [-0.05, 0) is 52.0 Å². The van der Waals surface area contributed by atoms with Crippen LogP contribution in [-0.4, -0.2) is 53.1 Å². The van der Waals surface area contributed by atoms with Crippen LogP contribution in [0.25, 0.3) is 0 Å². The van der Waals surface area contributed by atoms with E-state index < -0.39 is 0 Å². The highest BCUT2D eigenvalue weighted by Crippen LogP contribution is 2.37. The molecule has 1 spiro atoms. The molecule has 0 radical (unpaired) electrons. The van der Waals surface area contributed by atoms with Crippen LogP contribution in [-0.2, 0) is 4.79 Å². The number of carbonyl (C=O) groups excluding carboxylic acids is 1. The number of carbonyl (C=O) groups is 1. The van der Waals surface area contributed by atoms with Gasteiger partial charge < -0.3 is 9.80 Å². The maximum Gasteiger partial charge on any atom is 0.244 e. The Morgan fingerprint density at radius 3 is 2.62 bits per heavy atom. The number of likely N-dealkylation sites (tertiary alicyclic amines) is 1. The van der Waals surface area contributed by atoms with Crippen molar-refractivity contribution >= 4 is 5.91 Å². The maximum absolute atomic E-state index is 13.0. The smallest absolute Gasteiger partial charge is 0.244 e. The molecule has 120 valence electrons. The van der Waals surface area contributed by atoms with Crippen molar-refractivity contribution in [3.63, 3.8) is 0 Å². The molecule has 4 nitrogen and oxygen atoms in total. The van der Waals surface area contributed by atoms with Crippen LogP contribution >= 0.6 is 0 Å². The van der Waals surface area contributed by atoms with Gasteiger partial charge in [-0.3, -0.25) is 10.1 Å². The van der Waals surface area contributed by atoms with Gasteiger partial charge in [0.15, 0.2) is 0 Å². The van der Waals surface area contributed by atoms with Gasteiger partial charge in [0.05, 0.1) is 11.7 Å². The van der Waals surface area contributed by atoms with E-state index in [9.17, 15) is 4.79 Å². The molecule has 3 rings (SSSR count). The topological polar surface area (TPSA) is 35.6 Å². The summed E-state index contributed by atoms with van der Waals surface area (Å²) in [5.41, 5.74) is -0.197. The Kier molecular flexibility index (Phi) is 4.28. The van der Waals surface area contributed by atoms with Crippen LogP contribution in [0, 0.1) is 5.92 Å². The molecule has 0 bridgehead atoms. The van der Waals surface area contributed by atoms with Gasteiger partial charge in [0.2, 0.25) is 5.91 Å². The van der Waals surface area contributed by atoms with E-state index >= 15 is 0 Å². The van der Waals surface area contributed by atoms with E-state index in [0.717, 1.165) is 32.4 Å². The second-order valence-corrected chi connectivity index (χ2v) is 7.56. The molecule has 21 heavy (non-hydrogen) atoms. The third-order valence-electron chi connectivity index (χ3n) is 5.84. The van der Waals surface area contributed by atoms with E-state index in [1.807, 2.05) is 0 Å². The molecule has 3 aliphatic rings. The lowest BCUT2D eigenvalue weighted by atomic mass is 9.97. The van der Waals surface area contributed by atoms with Crippen LogP contribution in [0.2, 0.25) is 0 Å². The monoisotopic (exact) mass is 293 g/mol. The Balaban J connectivity index is 1.65. The fourth-order valence-electron chi connectivity index (χ4n) is 4.50. The lowest BCUT2D eigenvalue weighted by molar-refractivity contribution is -0.133. The first-order chi connectivity index (χ1) is 10.1. The molecular weight excluding hydrogens is 262 g/mol. The lowest BCUT2D eigenvalue weighted by Gasteiger charge is -2.27. The Bertz CT molecular complexity index is 389. The quantitative estimate of drug-likeness (QED) is 0.863. The van der Waals surface area contributed by atoms with Gasteiger partial charge in [-0.15, -0.1) is 0 Å². The number of rotatable bonds is 4. The Morgan fingerprint density at radius 1 is 1.33 bits per heavy atom. The number of amides is 1. The fourth-order valence-corrected chi connectivity index (χ4v) is 4.50. The maximum atomic E-state index is 13.0. The van der Waals surface area contributed by atoms with Gasteiger partial charge >= 0.3 is 0 Å². The van der Waals surface area contributed by atoms with Crippen molar-refractivity contribution in [1.82, 2.24) is 15.1 Å². The number of nitrogens with one attached hydrogen (secondary N) is 1. The van der Waals surface area contributed by atoms with E-state index in [4.69, 9.17) is 0 Å². The summed E-state index contributed by atoms with van der Waals surface area (Å²) in [6, 6.07) is 0.630. The van der Waals surface area contributed by atoms with Gasteiger partial charge in [0.25, 0.3) is 0 Å². The molecule has 2 aliphatic heterocycles. The Hall–Kier alpha value is -0.610. The minimum Gasteiger partial charge on any atom is -0.325 e. The van der Waals surface area contributed by atoms with E-state index in [1.165, 1.54) is 25.8 Å². The van der Waals surface area contributed by atoms with E-state index in [0.29, 0.717) is 17.9 Å². The molecule has 2 saturated heterocycles. The average Bonchev–Trinajstić information content (AvgIpc) is 3.16. The molecule has 1 aliphatic carbocycles. The molecule has 0 aromatic carbocycles. The summed E-state index contributed by atoms with van der Waals surface area (Å²) >= 11 is 0. The van der Waals surface area contributed by atoms with Crippen LogP contribution in [0.1, 0.15) is 59.3 Å². The van der Waals surface area contributed by atoms with E-state index in [-0.39, 0.29) is 11.7 Å². The van der Waals surface area contributed by atoms with Crippen LogP contribution in [0.3, 0.4) is 0 Å². The first kappa shape index (κ1) is 15.3. The number of hydrogen-bond donors (Lipinski definition) is 1. The Labute approximate surface area is 129 Å². The molecule has 3 fully saturated rings. The first-order valence-electron chi connectivity index (χ1n) is 8.88. The highest BCUT2D eigenvalue weighted by molar-refractivity contribution is 5.89. The van der Waals surface area contributed by atoms with E-state index in [1.54, 1.807) is 0 Å². The SMILES string of the molecule is CCC1NC2(CCCC2)C(=O)N1CC1CCN(C(C)C)C1. The minimum atomic E-state index is -0.197. The molecule has 2 unspecified atom stereocenters. The standard InChI is InChI=1S/C17H31N3O/c1-4-15-18-17(8-5-6-9-17)16(21)20(15)12-14-7-10-19(11-14)13(2)3/h13-15,18H,4-12H2,1-3H3. The summed E-state index contributed by atoms with van der Waals surface area (Å²) in [6.07, 6.45) is 7.02. The third-order valence-corrected chi connectivity index (χ3v) is 5.84. The number of hydrogen-bond acceptors (Lipinski definition) is 3. The minimum absolute atomic E-state index is 0.197. The van der Waals surface area contributed by atoms with Crippen molar-refractivity contribution in [2.75, 3.05) is 19.6 Å². The second-order valence-electron chi connectivity index (χ2n) is 7.56. The zero-order chi connectivity index (χ0) is 15.0. The molecule has 2 heterocycles. The molecule has 0 aromatic rings. The predicted octanol–water partition coefficient (Wildman–Crippen LogP) is 2.20. The zero-order valence-electron chi connectivity index (χ0n) is 13.9. The van der Waals surface area contributed by atoms with Crippen molar-refractivity contribution in [3.05, 3.63) is 0 Å². The van der Waals surface area contributed by atoms with Gasteiger partial charge in [-0.25, -0.2) is 0 Å². The fraction of sp³-hybridized carbons (Fsp3) is 0.941. The second kappa shape index (κ2) is 5.88. The molecule has 1 amide bonds. The summed E-state index contributed by atoms with van der Waals surface area (Å²) in [5, 5.41) is 3.69. The van der Waals surface area contributed by atoms with Crippen molar-refractivity contribution in [3.8, 4) is 0 Å². The first-order valence-corrected chi connectivity index (χ1v) is 8.88. The molecule has 0 aromatic heterocycles. The highest BCUT2D eigenvalue weighted by Gasteiger charge is 2.52. The van der Waals surface area contributed by atoms with Crippen molar-refractivity contribution in [2.45, 2.75) is 77.0 Å². The van der Waals surface area contributed by atoms with Crippen molar-refractivity contribution in [2.24, 2.45) is 5.92 Å². The van der Waals surface area contributed by atoms with Crippen LogP contribution in [0.15, 0.2) is 0 Å². The van der Waals surface area contributed by atoms with Crippen LogP contribution in [0.5, 0.6) is 0 Å². The molecule has 1 N–H and O–H groups in total. The zero-order valence-corrected chi connectivity index (χ0v) is 13.9. The highest BCUT2D eigenvalue weighted by atomic mass is 16.2. The van der Waals surface area contributed by atoms with Gasteiger partial charge in [-0.1, -0.05) is 19.8 Å². The van der Waals surface area contributed by atoms with Crippen LogP contribution < -0.4 is 5.32 Å². The largest absolute Gasteiger partial charge is 0.325 e. The summed E-state index contributed by atoms with van der Waals surface area (Å²) in [6.45, 7) is 10.0. The molecule has 2 atom stereocenters.